The van der Waals surface area contributed by atoms with Gasteiger partial charge in [-0.05, 0) is 21.5 Å². The number of hydrogen-bond donors (Lipinski definition) is 0. The van der Waals surface area contributed by atoms with Crippen molar-refractivity contribution in [3.05, 3.63) is 84.9 Å². The summed E-state index contributed by atoms with van der Waals surface area (Å²) in [5, 5.41) is 2.54. The van der Waals surface area contributed by atoms with Crippen molar-refractivity contribution in [2.75, 3.05) is 0 Å². The van der Waals surface area contributed by atoms with Gasteiger partial charge in [-0.25, -0.2) is 9.97 Å². The number of nitrogens with zero attached hydrogens (tertiary/aromatic N) is 2. The molecule has 0 saturated heterocycles. The van der Waals surface area contributed by atoms with Crippen molar-refractivity contribution in [1.29, 1.82) is 0 Å². The fourth-order valence-electron chi connectivity index (χ4n) is 3.35. The molecule has 0 atom stereocenters. The molecule has 3 aromatic rings. The largest absolute Gasteiger partial charge is 0.401 e. The van der Waals surface area contributed by atoms with Gasteiger partial charge in [0.15, 0.2) is 0 Å². The summed E-state index contributed by atoms with van der Waals surface area (Å²) in [5.74, 6) is 0. The second-order valence-corrected chi connectivity index (χ2v) is 11.5. The summed E-state index contributed by atoms with van der Waals surface area (Å²) in [5.41, 5.74) is 0.906. The molecule has 0 bridgehead atoms. The first-order valence-corrected chi connectivity index (χ1v) is 10.4. The second-order valence-electron chi connectivity index (χ2n) is 7.15. The molecule has 4 heteroatoms. The van der Waals surface area contributed by atoms with Crippen LogP contribution in [0.4, 0.5) is 0 Å². The molecule has 0 aliphatic heterocycles. The Morgan fingerprint density at radius 1 is 0.840 bits per heavy atom. The summed E-state index contributed by atoms with van der Waals surface area (Å²) in [6, 6.07) is 23.2. The van der Waals surface area contributed by atoms with Crippen LogP contribution in [-0.2, 0) is 11.0 Å². The zero-order chi connectivity index (χ0) is 17.8. The highest BCUT2D eigenvalue weighted by Gasteiger charge is 2.50. The van der Waals surface area contributed by atoms with E-state index in [1.807, 2.05) is 6.07 Å². The monoisotopic (exact) mass is 348 g/mol. The summed E-state index contributed by atoms with van der Waals surface area (Å²) in [4.78, 5) is 8.34. The molecule has 3 rings (SSSR count). The van der Waals surface area contributed by atoms with E-state index in [2.05, 4.69) is 91.4 Å². The molecule has 0 aliphatic carbocycles. The van der Waals surface area contributed by atoms with Crippen LogP contribution in [0.15, 0.2) is 79.3 Å². The van der Waals surface area contributed by atoms with Crippen LogP contribution in [0.5, 0.6) is 0 Å². The molecule has 0 amide bonds. The second kappa shape index (κ2) is 7.29. The third kappa shape index (κ3) is 3.55. The molecule has 0 aliphatic rings. The Labute approximate surface area is 150 Å². The van der Waals surface area contributed by atoms with E-state index in [0.717, 1.165) is 5.69 Å². The van der Waals surface area contributed by atoms with Crippen molar-refractivity contribution in [3.63, 3.8) is 0 Å². The van der Waals surface area contributed by atoms with Crippen molar-refractivity contribution in [2.45, 2.75) is 32.4 Å². The van der Waals surface area contributed by atoms with Crippen molar-refractivity contribution in [3.8, 4) is 0 Å². The molecule has 0 fully saturated rings. The van der Waals surface area contributed by atoms with Gasteiger partial charge >= 0.3 is 0 Å². The minimum atomic E-state index is -2.49. The molecule has 0 saturated carbocycles. The van der Waals surface area contributed by atoms with Crippen LogP contribution in [0.1, 0.15) is 26.5 Å². The summed E-state index contributed by atoms with van der Waals surface area (Å²) >= 11 is 0. The maximum Gasteiger partial charge on any atom is 0.261 e. The Morgan fingerprint density at radius 3 is 1.84 bits per heavy atom. The van der Waals surface area contributed by atoms with Gasteiger partial charge in [0.1, 0.15) is 6.33 Å². The summed E-state index contributed by atoms with van der Waals surface area (Å²) in [6.45, 7) is 7.31. The van der Waals surface area contributed by atoms with Gasteiger partial charge in [0.25, 0.3) is 8.32 Å². The standard InChI is InChI=1S/C21H24N2OSi/c1-21(2,3)25(19-10-6-4-7-11-19,20-12-8-5-9-13-20)24-16-18-14-15-22-17-23-18/h4-15,17H,16H2,1-3H3. The molecule has 1 heterocycles. The average molecular weight is 349 g/mol. The van der Waals surface area contributed by atoms with Gasteiger partial charge in [0.2, 0.25) is 0 Å². The number of hydrogen-bond acceptors (Lipinski definition) is 3. The van der Waals surface area contributed by atoms with E-state index >= 15 is 0 Å². The third-order valence-corrected chi connectivity index (χ3v) is 9.48. The van der Waals surface area contributed by atoms with Gasteiger partial charge in [0.05, 0.1) is 12.3 Å². The Hall–Kier alpha value is -2.30. The molecule has 0 N–H and O–H groups in total. The number of rotatable bonds is 5. The van der Waals surface area contributed by atoms with Crippen LogP contribution in [0.3, 0.4) is 0 Å². The Balaban J connectivity index is 2.12. The first kappa shape index (κ1) is 17.5. The molecular formula is C21H24N2OSi. The van der Waals surface area contributed by atoms with Crippen LogP contribution in [0, 0.1) is 0 Å². The average Bonchev–Trinajstić information content (AvgIpc) is 2.64. The molecule has 3 nitrogen and oxygen atoms in total. The highest BCUT2D eigenvalue weighted by atomic mass is 28.4. The van der Waals surface area contributed by atoms with Crippen LogP contribution in [-0.4, -0.2) is 18.3 Å². The van der Waals surface area contributed by atoms with Crippen LogP contribution in [0.25, 0.3) is 0 Å². The minimum Gasteiger partial charge on any atom is -0.401 e. The van der Waals surface area contributed by atoms with E-state index in [4.69, 9.17) is 4.43 Å². The number of benzene rings is 2. The van der Waals surface area contributed by atoms with E-state index in [-0.39, 0.29) is 5.04 Å². The zero-order valence-corrected chi connectivity index (χ0v) is 16.0. The van der Waals surface area contributed by atoms with Gasteiger partial charge in [-0.1, -0.05) is 81.4 Å². The lowest BCUT2D eigenvalue weighted by Crippen LogP contribution is -2.66. The smallest absolute Gasteiger partial charge is 0.261 e. The fourth-order valence-corrected chi connectivity index (χ4v) is 7.87. The van der Waals surface area contributed by atoms with Crippen LogP contribution < -0.4 is 10.4 Å². The zero-order valence-electron chi connectivity index (χ0n) is 15.0. The van der Waals surface area contributed by atoms with E-state index in [9.17, 15) is 0 Å². The first-order chi connectivity index (χ1) is 12.0. The van der Waals surface area contributed by atoms with Crippen molar-refractivity contribution < 1.29 is 4.43 Å². The van der Waals surface area contributed by atoms with Gasteiger partial charge in [-0.3, -0.25) is 0 Å². The molecule has 0 unspecified atom stereocenters. The topological polar surface area (TPSA) is 35.0 Å². The molecule has 25 heavy (non-hydrogen) atoms. The lowest BCUT2D eigenvalue weighted by Gasteiger charge is -2.43. The molecule has 2 aromatic carbocycles. The first-order valence-electron chi connectivity index (χ1n) is 8.54. The number of aromatic nitrogens is 2. The summed E-state index contributed by atoms with van der Waals surface area (Å²) in [6.07, 6.45) is 3.33. The van der Waals surface area contributed by atoms with Gasteiger partial charge in [0, 0.05) is 6.20 Å². The quantitative estimate of drug-likeness (QED) is 0.661. The molecule has 128 valence electrons. The molecule has 0 spiro atoms. The van der Waals surface area contributed by atoms with Gasteiger partial charge in [-0.2, -0.15) is 0 Å². The van der Waals surface area contributed by atoms with Gasteiger partial charge < -0.3 is 4.43 Å². The Kier molecular flexibility index (Phi) is 5.11. The van der Waals surface area contributed by atoms with Crippen LogP contribution >= 0.6 is 0 Å². The van der Waals surface area contributed by atoms with Crippen LogP contribution in [0.2, 0.25) is 5.04 Å². The minimum absolute atomic E-state index is 0.0251. The summed E-state index contributed by atoms with van der Waals surface area (Å²) in [7, 11) is -2.49. The maximum atomic E-state index is 6.80. The van der Waals surface area contributed by atoms with Gasteiger partial charge in [-0.15, -0.1) is 0 Å². The highest BCUT2D eigenvalue weighted by Crippen LogP contribution is 2.37. The Bertz CT molecular complexity index is 747. The molecular weight excluding hydrogens is 324 g/mol. The third-order valence-electron chi connectivity index (χ3n) is 4.50. The Morgan fingerprint density at radius 2 is 1.40 bits per heavy atom. The SMILES string of the molecule is CC(C)(C)[Si](OCc1ccncn1)(c1ccccc1)c1ccccc1. The van der Waals surface area contributed by atoms with Crippen molar-refractivity contribution in [1.82, 2.24) is 9.97 Å². The molecule has 1 aromatic heterocycles. The highest BCUT2D eigenvalue weighted by molar-refractivity contribution is 6.99. The normalized spacial score (nSPS) is 12.1. The van der Waals surface area contributed by atoms with Crippen molar-refractivity contribution >= 4 is 18.7 Å². The maximum absolute atomic E-state index is 6.80. The predicted molar refractivity (Wildman–Crippen MR) is 104 cm³/mol. The predicted octanol–water partition coefficient (Wildman–Crippen LogP) is 3.55. The lowest BCUT2D eigenvalue weighted by molar-refractivity contribution is 0.281. The van der Waals surface area contributed by atoms with E-state index in [1.54, 1.807) is 12.5 Å². The fraction of sp³-hybridized carbons (Fsp3) is 0.238. The summed E-state index contributed by atoms with van der Waals surface area (Å²) < 4.78 is 6.80. The van der Waals surface area contributed by atoms with E-state index in [1.165, 1.54) is 10.4 Å². The van der Waals surface area contributed by atoms with E-state index in [0.29, 0.717) is 6.61 Å². The van der Waals surface area contributed by atoms with Crippen molar-refractivity contribution in [2.24, 2.45) is 0 Å². The van der Waals surface area contributed by atoms with E-state index < -0.39 is 8.32 Å². The lowest BCUT2D eigenvalue weighted by atomic mass is 10.2. The molecule has 0 radical (unpaired) electrons.